The van der Waals surface area contributed by atoms with Crippen molar-refractivity contribution in [3.63, 3.8) is 0 Å². The van der Waals surface area contributed by atoms with Crippen LogP contribution in [0.25, 0.3) is 0 Å². The van der Waals surface area contributed by atoms with Crippen molar-refractivity contribution in [2.75, 3.05) is 26.4 Å². The van der Waals surface area contributed by atoms with Gasteiger partial charge in [0, 0.05) is 37.1 Å². The Bertz CT molecular complexity index is 288. The van der Waals surface area contributed by atoms with Crippen molar-refractivity contribution in [3.05, 3.63) is 0 Å². The molecular weight excluding hydrogens is 226 g/mol. The fraction of sp³-hybridized carbons (Fsp3) is 1.00. The van der Waals surface area contributed by atoms with Gasteiger partial charge in [-0.3, -0.25) is 0 Å². The van der Waals surface area contributed by atoms with Crippen LogP contribution in [0.5, 0.6) is 0 Å². The number of rotatable bonds is 6. The summed E-state index contributed by atoms with van der Waals surface area (Å²) in [7, 11) is 0. The van der Waals surface area contributed by atoms with Gasteiger partial charge in [-0.15, -0.1) is 0 Å². The second-order valence-electron chi connectivity index (χ2n) is 6.87. The van der Waals surface area contributed by atoms with Gasteiger partial charge in [-0.1, -0.05) is 13.8 Å². The van der Waals surface area contributed by atoms with Gasteiger partial charge in [-0.25, -0.2) is 0 Å². The van der Waals surface area contributed by atoms with E-state index in [2.05, 4.69) is 19.2 Å². The zero-order valence-corrected chi connectivity index (χ0v) is 11.8. The monoisotopic (exact) mass is 253 g/mol. The predicted octanol–water partition coefficient (Wildman–Crippen LogP) is 2.21. The minimum Gasteiger partial charge on any atom is -0.380 e. The smallest absolute Gasteiger partial charge is 0.0684 e. The lowest BCUT2D eigenvalue weighted by atomic mass is 9.55. The van der Waals surface area contributed by atoms with E-state index in [4.69, 9.17) is 9.47 Å². The van der Waals surface area contributed by atoms with Crippen molar-refractivity contribution in [1.82, 2.24) is 5.32 Å². The van der Waals surface area contributed by atoms with Crippen LogP contribution in [0.3, 0.4) is 0 Å². The summed E-state index contributed by atoms with van der Waals surface area (Å²) in [5.74, 6) is 1.61. The Balaban J connectivity index is 1.38. The molecule has 1 aliphatic heterocycles. The molecule has 0 aromatic carbocycles. The van der Waals surface area contributed by atoms with Crippen LogP contribution in [0.1, 0.15) is 39.5 Å². The zero-order chi connectivity index (χ0) is 12.6. The molecule has 3 fully saturated rings. The molecule has 1 N–H and O–H groups in total. The minimum absolute atomic E-state index is 0.293. The Kier molecular flexibility index (Phi) is 3.65. The minimum atomic E-state index is 0.293. The fourth-order valence-corrected chi connectivity index (χ4v) is 3.76. The number of nitrogens with one attached hydrogen (secondary N) is 1. The molecule has 1 heterocycles. The molecule has 2 aliphatic carbocycles. The van der Waals surface area contributed by atoms with Crippen molar-refractivity contribution in [2.24, 2.45) is 17.3 Å². The SMILES string of the molecule is CC1(C)C(NCCOCC2CC2)C2CCCOC21. The summed E-state index contributed by atoms with van der Waals surface area (Å²) in [6, 6.07) is 0.618. The number of fused-ring (bicyclic) bond motifs is 1. The predicted molar refractivity (Wildman–Crippen MR) is 71.6 cm³/mol. The van der Waals surface area contributed by atoms with Crippen molar-refractivity contribution in [1.29, 1.82) is 0 Å². The van der Waals surface area contributed by atoms with E-state index in [9.17, 15) is 0 Å². The average Bonchev–Trinajstić information content (AvgIpc) is 3.17. The summed E-state index contributed by atoms with van der Waals surface area (Å²) >= 11 is 0. The Morgan fingerprint density at radius 1 is 1.28 bits per heavy atom. The van der Waals surface area contributed by atoms with Gasteiger partial charge in [0.2, 0.25) is 0 Å². The van der Waals surface area contributed by atoms with Crippen LogP contribution in [0.15, 0.2) is 0 Å². The first-order valence-electron chi connectivity index (χ1n) is 7.62. The summed E-state index contributed by atoms with van der Waals surface area (Å²) in [6.45, 7) is 8.46. The Morgan fingerprint density at radius 2 is 2.11 bits per heavy atom. The molecule has 0 spiro atoms. The molecular formula is C15H27NO2. The fourth-order valence-electron chi connectivity index (χ4n) is 3.76. The molecule has 3 aliphatic rings. The van der Waals surface area contributed by atoms with Gasteiger partial charge in [0.15, 0.2) is 0 Å². The summed E-state index contributed by atoms with van der Waals surface area (Å²) < 4.78 is 11.6. The van der Waals surface area contributed by atoms with Gasteiger partial charge in [0.05, 0.1) is 12.7 Å². The van der Waals surface area contributed by atoms with E-state index in [1.807, 2.05) is 0 Å². The summed E-state index contributed by atoms with van der Waals surface area (Å²) in [4.78, 5) is 0. The second-order valence-corrected chi connectivity index (χ2v) is 6.87. The molecule has 104 valence electrons. The van der Waals surface area contributed by atoms with Crippen LogP contribution in [0.4, 0.5) is 0 Å². The molecule has 18 heavy (non-hydrogen) atoms. The molecule has 3 heteroatoms. The van der Waals surface area contributed by atoms with Gasteiger partial charge in [-0.2, -0.15) is 0 Å². The van der Waals surface area contributed by atoms with Gasteiger partial charge in [-0.05, 0) is 31.6 Å². The normalized spacial score (nSPS) is 38.0. The standard InChI is InChI=1S/C15H27NO2/c1-15(2)13(12-4-3-8-18-14(12)15)16-7-9-17-10-11-5-6-11/h11-14,16H,3-10H2,1-2H3. The van der Waals surface area contributed by atoms with Gasteiger partial charge in [0.25, 0.3) is 0 Å². The maximum absolute atomic E-state index is 5.92. The summed E-state index contributed by atoms with van der Waals surface area (Å²) in [6.07, 6.45) is 5.80. The maximum Gasteiger partial charge on any atom is 0.0684 e. The molecule has 0 radical (unpaired) electrons. The third-order valence-corrected chi connectivity index (χ3v) is 4.99. The van der Waals surface area contributed by atoms with Crippen LogP contribution >= 0.6 is 0 Å². The van der Waals surface area contributed by atoms with Crippen LogP contribution in [-0.4, -0.2) is 38.5 Å². The van der Waals surface area contributed by atoms with E-state index < -0.39 is 0 Å². The van der Waals surface area contributed by atoms with Crippen molar-refractivity contribution in [2.45, 2.75) is 51.7 Å². The van der Waals surface area contributed by atoms with Crippen LogP contribution in [0.2, 0.25) is 0 Å². The first-order valence-corrected chi connectivity index (χ1v) is 7.62. The first kappa shape index (κ1) is 12.9. The highest BCUT2D eigenvalue weighted by molar-refractivity contribution is 5.10. The Morgan fingerprint density at radius 3 is 2.89 bits per heavy atom. The summed E-state index contributed by atoms with van der Waals surface area (Å²) in [5, 5.41) is 3.70. The highest BCUT2D eigenvalue weighted by Crippen LogP contribution is 2.51. The van der Waals surface area contributed by atoms with Gasteiger partial charge in [0.1, 0.15) is 0 Å². The molecule has 0 aromatic rings. The number of ether oxygens (including phenoxy) is 2. The molecule has 3 atom stereocenters. The van der Waals surface area contributed by atoms with E-state index in [0.717, 1.165) is 38.2 Å². The van der Waals surface area contributed by atoms with Gasteiger partial charge < -0.3 is 14.8 Å². The lowest BCUT2D eigenvalue weighted by Gasteiger charge is -2.60. The third-order valence-electron chi connectivity index (χ3n) is 4.99. The average molecular weight is 253 g/mol. The molecule has 0 aromatic heterocycles. The van der Waals surface area contributed by atoms with E-state index in [1.54, 1.807) is 0 Å². The first-order chi connectivity index (χ1) is 8.69. The topological polar surface area (TPSA) is 30.5 Å². The Hall–Kier alpha value is -0.120. The highest BCUT2D eigenvalue weighted by atomic mass is 16.5. The third kappa shape index (κ3) is 2.45. The van der Waals surface area contributed by atoms with E-state index in [0.29, 0.717) is 17.6 Å². The largest absolute Gasteiger partial charge is 0.380 e. The van der Waals surface area contributed by atoms with E-state index in [1.165, 1.54) is 25.7 Å². The van der Waals surface area contributed by atoms with Crippen LogP contribution < -0.4 is 5.32 Å². The zero-order valence-electron chi connectivity index (χ0n) is 11.8. The molecule has 0 amide bonds. The Labute approximate surface area is 111 Å². The second kappa shape index (κ2) is 5.10. The molecule has 1 saturated heterocycles. The van der Waals surface area contributed by atoms with Gasteiger partial charge >= 0.3 is 0 Å². The quantitative estimate of drug-likeness (QED) is 0.736. The maximum atomic E-state index is 5.92. The highest BCUT2D eigenvalue weighted by Gasteiger charge is 2.57. The molecule has 3 unspecified atom stereocenters. The summed E-state index contributed by atoms with van der Waals surface area (Å²) in [5.41, 5.74) is 0.293. The molecule has 3 rings (SSSR count). The van der Waals surface area contributed by atoms with Crippen molar-refractivity contribution < 1.29 is 9.47 Å². The van der Waals surface area contributed by atoms with E-state index >= 15 is 0 Å². The van der Waals surface area contributed by atoms with Crippen LogP contribution in [-0.2, 0) is 9.47 Å². The molecule has 2 saturated carbocycles. The van der Waals surface area contributed by atoms with Crippen molar-refractivity contribution in [3.8, 4) is 0 Å². The lowest BCUT2D eigenvalue weighted by molar-refractivity contribution is -0.192. The van der Waals surface area contributed by atoms with Crippen LogP contribution in [0, 0.1) is 17.3 Å². The number of hydrogen-bond donors (Lipinski definition) is 1. The molecule has 0 bridgehead atoms. The lowest BCUT2D eigenvalue weighted by Crippen LogP contribution is -2.69. The van der Waals surface area contributed by atoms with Crippen molar-refractivity contribution >= 4 is 0 Å². The number of hydrogen-bond acceptors (Lipinski definition) is 3. The van der Waals surface area contributed by atoms with E-state index in [-0.39, 0.29) is 0 Å². The molecule has 3 nitrogen and oxygen atoms in total.